The fourth-order valence-electron chi connectivity index (χ4n) is 3.12. The molecule has 5 nitrogen and oxygen atoms in total. The second-order valence-corrected chi connectivity index (χ2v) is 7.14. The molecule has 1 aliphatic rings. The third-order valence-electron chi connectivity index (χ3n) is 4.74. The van der Waals surface area contributed by atoms with E-state index in [4.69, 9.17) is 17.3 Å². The van der Waals surface area contributed by atoms with Gasteiger partial charge in [-0.2, -0.15) is 0 Å². The molecule has 1 saturated heterocycles. The maximum atomic E-state index is 14.6. The van der Waals surface area contributed by atoms with Gasteiger partial charge in [0.25, 0.3) is 0 Å². The average Bonchev–Trinajstić information content (AvgIpc) is 3.14. The van der Waals surface area contributed by atoms with Gasteiger partial charge in [-0.15, -0.1) is 0 Å². The molecule has 1 fully saturated rings. The molecule has 0 bridgehead atoms. The number of hydrogen-bond donors (Lipinski definition) is 1. The van der Waals surface area contributed by atoms with Gasteiger partial charge < -0.3 is 10.6 Å². The molecule has 2 amide bonds. The zero-order chi connectivity index (χ0) is 21.1. The number of carbonyl (C=O) groups is 2. The van der Waals surface area contributed by atoms with Crippen LogP contribution in [0.15, 0.2) is 36.4 Å². The van der Waals surface area contributed by atoms with Crippen LogP contribution in [0.4, 0.5) is 23.7 Å². The first-order valence-corrected chi connectivity index (χ1v) is 9.35. The molecule has 2 aromatic carbocycles. The molecule has 154 valence electrons. The number of urea groups is 1. The van der Waals surface area contributed by atoms with Crippen LogP contribution in [0.25, 0.3) is 0 Å². The number of amides is 2. The Labute approximate surface area is 170 Å². The van der Waals surface area contributed by atoms with E-state index in [1.54, 1.807) is 0 Å². The van der Waals surface area contributed by atoms with Crippen molar-refractivity contribution < 1.29 is 22.8 Å². The zero-order valence-electron chi connectivity index (χ0n) is 15.4. The summed E-state index contributed by atoms with van der Waals surface area (Å²) in [4.78, 5) is 27.1. The van der Waals surface area contributed by atoms with Crippen molar-refractivity contribution in [1.29, 1.82) is 0 Å². The smallest absolute Gasteiger partial charge is 0.324 e. The van der Waals surface area contributed by atoms with Crippen molar-refractivity contribution in [3.8, 4) is 0 Å². The lowest BCUT2D eigenvalue weighted by Crippen LogP contribution is -2.42. The molecule has 1 aliphatic heterocycles. The first-order chi connectivity index (χ1) is 13.8. The Hall–Kier alpha value is -2.58. The van der Waals surface area contributed by atoms with Crippen LogP contribution in [-0.2, 0) is 6.54 Å². The molecule has 0 spiro atoms. The summed E-state index contributed by atoms with van der Waals surface area (Å²) in [5.74, 6) is -1.77. The number of rotatable bonds is 5. The summed E-state index contributed by atoms with van der Waals surface area (Å²) in [6.45, 7) is -0.317. The number of Topliss-reactive ketones (excluding diaryl/α,β-unsaturated/α-hetero) is 1. The minimum atomic E-state index is -1.13. The first kappa shape index (κ1) is 21.1. The number of nitrogens with two attached hydrogens (primary N) is 1. The molecule has 0 unspecified atom stereocenters. The van der Waals surface area contributed by atoms with E-state index in [0.717, 1.165) is 12.1 Å². The van der Waals surface area contributed by atoms with E-state index in [1.165, 1.54) is 34.1 Å². The Morgan fingerprint density at radius 3 is 2.52 bits per heavy atom. The predicted molar refractivity (Wildman–Crippen MR) is 104 cm³/mol. The summed E-state index contributed by atoms with van der Waals surface area (Å²) in [6, 6.07) is 6.99. The van der Waals surface area contributed by atoms with Gasteiger partial charge in [-0.3, -0.25) is 9.69 Å². The Kier molecular flexibility index (Phi) is 6.44. The molecular weight excluding hydrogens is 407 g/mol. The summed E-state index contributed by atoms with van der Waals surface area (Å²) in [5, 5.41) is -0.200. The van der Waals surface area contributed by atoms with Crippen LogP contribution >= 0.6 is 11.6 Å². The van der Waals surface area contributed by atoms with Crippen molar-refractivity contribution in [3.05, 3.63) is 64.2 Å². The molecule has 0 aliphatic carbocycles. The van der Waals surface area contributed by atoms with E-state index in [1.807, 2.05) is 0 Å². The Morgan fingerprint density at radius 2 is 1.93 bits per heavy atom. The van der Waals surface area contributed by atoms with Gasteiger partial charge in [0.05, 0.1) is 24.7 Å². The normalized spacial score (nSPS) is 16.2. The lowest BCUT2D eigenvalue weighted by Gasteiger charge is -2.28. The van der Waals surface area contributed by atoms with Gasteiger partial charge in [0.1, 0.15) is 17.8 Å². The highest BCUT2D eigenvalue weighted by Crippen LogP contribution is 2.27. The van der Waals surface area contributed by atoms with Gasteiger partial charge in [-0.1, -0.05) is 23.7 Å². The van der Waals surface area contributed by atoms with Crippen LogP contribution in [0.5, 0.6) is 0 Å². The fraction of sp³-hybridized carbons (Fsp3) is 0.300. The lowest BCUT2D eigenvalue weighted by atomic mass is 10.1. The fourth-order valence-corrected chi connectivity index (χ4v) is 3.30. The number of anilines is 1. The zero-order valence-corrected chi connectivity index (χ0v) is 16.1. The van der Waals surface area contributed by atoms with E-state index in [9.17, 15) is 22.8 Å². The van der Waals surface area contributed by atoms with Crippen LogP contribution < -0.4 is 10.6 Å². The van der Waals surface area contributed by atoms with Gasteiger partial charge in [0.2, 0.25) is 0 Å². The first-order valence-electron chi connectivity index (χ1n) is 8.97. The van der Waals surface area contributed by atoms with Gasteiger partial charge >= 0.3 is 6.03 Å². The summed E-state index contributed by atoms with van der Waals surface area (Å²) < 4.78 is 41.7. The van der Waals surface area contributed by atoms with Crippen LogP contribution in [-0.4, -0.2) is 42.5 Å². The van der Waals surface area contributed by atoms with Crippen LogP contribution in [0.1, 0.15) is 22.3 Å². The molecule has 29 heavy (non-hydrogen) atoms. The van der Waals surface area contributed by atoms with E-state index < -0.39 is 29.6 Å². The largest absolute Gasteiger partial charge is 0.324 e. The number of halogens is 4. The minimum absolute atomic E-state index is 0.0727. The third kappa shape index (κ3) is 4.71. The number of carbonyl (C=O) groups excluding carboxylic acids is 2. The topological polar surface area (TPSA) is 66.6 Å². The number of ketones is 1. The molecule has 2 N–H and O–H groups in total. The summed E-state index contributed by atoms with van der Waals surface area (Å²) >= 11 is 5.84. The average molecular weight is 426 g/mol. The molecule has 1 heterocycles. The van der Waals surface area contributed by atoms with Gasteiger partial charge in [-0.05, 0) is 30.7 Å². The highest BCUT2D eigenvalue weighted by Gasteiger charge is 2.30. The number of hydrogen-bond acceptors (Lipinski definition) is 3. The van der Waals surface area contributed by atoms with Crippen molar-refractivity contribution >= 4 is 29.1 Å². The standard InChI is InChI=1S/C20H19ClF3N3O2/c21-16-8-15(3-4-17(16)23)27(20(29)26-6-5-14(22)11-26)10-13-2-1-12(7-18(13)24)19(28)9-25/h1-4,7-8,14H,5-6,9-11,25H2/t14-/m0/s1. The monoisotopic (exact) mass is 425 g/mol. The number of nitrogens with zero attached hydrogens (tertiary/aromatic N) is 2. The van der Waals surface area contributed by atoms with Crippen LogP contribution in [0, 0.1) is 11.6 Å². The van der Waals surface area contributed by atoms with Gasteiger partial charge in [-0.25, -0.2) is 18.0 Å². The van der Waals surface area contributed by atoms with Crippen molar-refractivity contribution in [2.75, 3.05) is 24.5 Å². The SMILES string of the molecule is NCC(=O)c1ccc(CN(C(=O)N2CC[C@H](F)C2)c2ccc(F)c(Cl)c2)c(F)c1. The van der Waals surface area contributed by atoms with Gasteiger partial charge in [0, 0.05) is 23.4 Å². The molecule has 0 radical (unpaired) electrons. The maximum absolute atomic E-state index is 14.6. The van der Waals surface area contributed by atoms with Crippen LogP contribution in [0.2, 0.25) is 5.02 Å². The van der Waals surface area contributed by atoms with Crippen LogP contribution in [0.3, 0.4) is 0 Å². The van der Waals surface area contributed by atoms with Crippen molar-refractivity contribution in [2.24, 2.45) is 5.73 Å². The molecule has 0 saturated carbocycles. The van der Waals surface area contributed by atoms with E-state index in [0.29, 0.717) is 0 Å². The Bertz CT molecular complexity index is 941. The predicted octanol–water partition coefficient (Wildman–Crippen LogP) is 3.93. The van der Waals surface area contributed by atoms with E-state index in [-0.39, 0.29) is 54.4 Å². The van der Waals surface area contributed by atoms with Crippen molar-refractivity contribution in [1.82, 2.24) is 4.90 Å². The summed E-state index contributed by atoms with van der Waals surface area (Å²) in [7, 11) is 0. The highest BCUT2D eigenvalue weighted by atomic mass is 35.5. The van der Waals surface area contributed by atoms with Crippen molar-refractivity contribution in [2.45, 2.75) is 19.1 Å². The lowest BCUT2D eigenvalue weighted by molar-refractivity contribution is 0.100. The van der Waals surface area contributed by atoms with E-state index >= 15 is 0 Å². The molecule has 0 aromatic heterocycles. The van der Waals surface area contributed by atoms with Crippen molar-refractivity contribution in [3.63, 3.8) is 0 Å². The molecule has 3 rings (SSSR count). The summed E-state index contributed by atoms with van der Waals surface area (Å²) in [6.07, 6.45) is -0.913. The molecule has 2 aromatic rings. The number of likely N-dealkylation sites (tertiary alicyclic amines) is 1. The quantitative estimate of drug-likeness (QED) is 0.738. The second-order valence-electron chi connectivity index (χ2n) is 6.73. The number of benzene rings is 2. The summed E-state index contributed by atoms with van der Waals surface area (Å²) in [5.41, 5.74) is 5.78. The van der Waals surface area contributed by atoms with E-state index in [2.05, 4.69) is 0 Å². The molecule has 9 heteroatoms. The number of alkyl halides is 1. The Morgan fingerprint density at radius 1 is 1.17 bits per heavy atom. The third-order valence-corrected chi connectivity index (χ3v) is 5.03. The minimum Gasteiger partial charge on any atom is -0.324 e. The second kappa shape index (κ2) is 8.84. The van der Waals surface area contributed by atoms with Gasteiger partial charge in [0.15, 0.2) is 5.78 Å². The molecule has 1 atom stereocenters. The Balaban J connectivity index is 1.93. The maximum Gasteiger partial charge on any atom is 0.324 e. The highest BCUT2D eigenvalue weighted by molar-refractivity contribution is 6.31. The molecular formula is C20H19ClF3N3O2.